The second-order valence-electron chi connectivity index (χ2n) is 4.49. The van der Waals surface area contributed by atoms with E-state index < -0.39 is 11.8 Å². The Bertz CT molecular complexity index is 845. The topological polar surface area (TPSA) is 75.3 Å². The number of halogens is 1. The summed E-state index contributed by atoms with van der Waals surface area (Å²) in [7, 11) is 0. The SMILES string of the molecule is Nc1c(F)ccc(Nc2ccc3sccc3c2)c1C(=O)O. The summed E-state index contributed by atoms with van der Waals surface area (Å²) < 4.78 is 14.5. The van der Waals surface area contributed by atoms with Gasteiger partial charge < -0.3 is 16.2 Å². The van der Waals surface area contributed by atoms with Crippen LogP contribution in [0.15, 0.2) is 41.8 Å². The van der Waals surface area contributed by atoms with Crippen molar-refractivity contribution in [3.63, 3.8) is 0 Å². The van der Waals surface area contributed by atoms with Crippen molar-refractivity contribution >= 4 is 44.5 Å². The maximum Gasteiger partial charge on any atom is 0.340 e. The summed E-state index contributed by atoms with van der Waals surface area (Å²) in [5.74, 6) is -2.02. The van der Waals surface area contributed by atoms with Crippen LogP contribution in [0.5, 0.6) is 0 Å². The third kappa shape index (κ3) is 2.41. The highest BCUT2D eigenvalue weighted by atomic mass is 32.1. The van der Waals surface area contributed by atoms with Crippen molar-refractivity contribution in [1.29, 1.82) is 0 Å². The molecule has 0 saturated heterocycles. The number of nitrogen functional groups attached to an aromatic ring is 1. The third-order valence-electron chi connectivity index (χ3n) is 3.14. The predicted molar refractivity (Wildman–Crippen MR) is 82.9 cm³/mol. The van der Waals surface area contributed by atoms with Gasteiger partial charge in [0, 0.05) is 10.4 Å². The highest BCUT2D eigenvalue weighted by molar-refractivity contribution is 7.17. The predicted octanol–water partition coefficient (Wildman–Crippen LogP) is 4.06. The van der Waals surface area contributed by atoms with Gasteiger partial charge >= 0.3 is 5.97 Å². The summed E-state index contributed by atoms with van der Waals surface area (Å²) in [4.78, 5) is 11.3. The number of benzene rings is 2. The molecule has 0 fully saturated rings. The third-order valence-corrected chi connectivity index (χ3v) is 4.04. The second-order valence-corrected chi connectivity index (χ2v) is 5.43. The fraction of sp³-hybridized carbons (Fsp3) is 0. The number of carboxylic acids is 1. The van der Waals surface area contributed by atoms with E-state index >= 15 is 0 Å². The van der Waals surface area contributed by atoms with Crippen LogP contribution in [0, 0.1) is 5.82 Å². The van der Waals surface area contributed by atoms with Crippen LogP contribution in [0.4, 0.5) is 21.5 Å². The minimum atomic E-state index is -1.27. The lowest BCUT2D eigenvalue weighted by molar-refractivity contribution is 0.0698. The van der Waals surface area contributed by atoms with E-state index in [9.17, 15) is 14.3 Å². The number of hydrogen-bond donors (Lipinski definition) is 3. The Morgan fingerprint density at radius 3 is 2.81 bits per heavy atom. The van der Waals surface area contributed by atoms with E-state index in [4.69, 9.17) is 5.73 Å². The van der Waals surface area contributed by atoms with E-state index in [1.165, 1.54) is 6.07 Å². The standard InChI is InChI=1S/C15H11FN2O2S/c16-10-2-3-11(13(14(10)17)15(19)20)18-9-1-4-12-8(7-9)5-6-21-12/h1-7,18H,17H2,(H,19,20). The fourth-order valence-corrected chi connectivity index (χ4v) is 2.90. The fourth-order valence-electron chi connectivity index (χ4n) is 2.13. The van der Waals surface area contributed by atoms with Crippen LogP contribution in [0.2, 0.25) is 0 Å². The number of anilines is 3. The normalized spacial score (nSPS) is 10.7. The largest absolute Gasteiger partial charge is 0.478 e. The van der Waals surface area contributed by atoms with Gasteiger partial charge in [0.25, 0.3) is 0 Å². The molecule has 21 heavy (non-hydrogen) atoms. The number of rotatable bonds is 3. The molecular weight excluding hydrogens is 291 g/mol. The molecule has 0 saturated carbocycles. The Morgan fingerprint density at radius 2 is 2.05 bits per heavy atom. The van der Waals surface area contributed by atoms with Crippen LogP contribution >= 0.6 is 11.3 Å². The number of thiophene rings is 1. The molecule has 0 bridgehead atoms. The van der Waals surface area contributed by atoms with Crippen molar-refractivity contribution in [3.8, 4) is 0 Å². The van der Waals surface area contributed by atoms with E-state index in [1.54, 1.807) is 11.3 Å². The van der Waals surface area contributed by atoms with Crippen molar-refractivity contribution in [2.24, 2.45) is 0 Å². The molecule has 0 amide bonds. The van der Waals surface area contributed by atoms with Crippen LogP contribution in [-0.4, -0.2) is 11.1 Å². The van der Waals surface area contributed by atoms with Gasteiger partial charge in [-0.25, -0.2) is 9.18 Å². The molecule has 4 nitrogen and oxygen atoms in total. The molecular formula is C15H11FN2O2S. The second kappa shape index (κ2) is 5.06. The summed E-state index contributed by atoms with van der Waals surface area (Å²) in [5, 5.41) is 15.2. The Balaban J connectivity index is 2.04. The van der Waals surface area contributed by atoms with Gasteiger partial charge in [0.2, 0.25) is 0 Å². The number of carbonyl (C=O) groups is 1. The molecule has 106 valence electrons. The van der Waals surface area contributed by atoms with Gasteiger partial charge in [0.05, 0.1) is 11.4 Å². The van der Waals surface area contributed by atoms with Crippen molar-refractivity contribution < 1.29 is 14.3 Å². The first-order valence-corrected chi connectivity index (χ1v) is 7.00. The van der Waals surface area contributed by atoms with Gasteiger partial charge in [0.1, 0.15) is 11.4 Å². The average Bonchev–Trinajstić information content (AvgIpc) is 2.90. The Labute approximate surface area is 123 Å². The molecule has 3 aromatic rings. The number of hydrogen-bond acceptors (Lipinski definition) is 4. The maximum atomic E-state index is 13.4. The van der Waals surface area contributed by atoms with Crippen LogP contribution in [-0.2, 0) is 0 Å². The summed E-state index contributed by atoms with van der Waals surface area (Å²) in [6.45, 7) is 0. The molecule has 0 atom stereocenters. The number of nitrogens with one attached hydrogen (secondary N) is 1. The van der Waals surface area contributed by atoms with Crippen molar-refractivity contribution in [1.82, 2.24) is 0 Å². The molecule has 0 unspecified atom stereocenters. The zero-order valence-electron chi connectivity index (χ0n) is 10.8. The smallest absolute Gasteiger partial charge is 0.340 e. The van der Waals surface area contributed by atoms with E-state index in [0.717, 1.165) is 21.8 Å². The lowest BCUT2D eigenvalue weighted by Gasteiger charge is -2.12. The molecule has 4 N–H and O–H groups in total. The van der Waals surface area contributed by atoms with E-state index in [2.05, 4.69) is 5.32 Å². The number of nitrogens with two attached hydrogens (primary N) is 1. The molecule has 2 aromatic carbocycles. The molecule has 6 heteroatoms. The first kappa shape index (κ1) is 13.4. The molecule has 1 aromatic heterocycles. The van der Waals surface area contributed by atoms with Gasteiger partial charge in [-0.05, 0) is 47.2 Å². The van der Waals surface area contributed by atoms with Crippen molar-refractivity contribution in [2.45, 2.75) is 0 Å². The highest BCUT2D eigenvalue weighted by Gasteiger charge is 2.17. The lowest BCUT2D eigenvalue weighted by atomic mass is 10.1. The first-order valence-electron chi connectivity index (χ1n) is 6.12. The Kier molecular flexibility index (Phi) is 3.23. The lowest BCUT2D eigenvalue weighted by Crippen LogP contribution is -2.08. The zero-order chi connectivity index (χ0) is 15.0. The summed E-state index contributed by atoms with van der Waals surface area (Å²) in [5.41, 5.74) is 5.86. The van der Waals surface area contributed by atoms with Gasteiger partial charge in [0.15, 0.2) is 0 Å². The highest BCUT2D eigenvalue weighted by Crippen LogP contribution is 2.30. The molecule has 0 spiro atoms. The average molecular weight is 302 g/mol. The molecule has 3 rings (SSSR count). The van der Waals surface area contributed by atoms with E-state index in [-0.39, 0.29) is 16.9 Å². The van der Waals surface area contributed by atoms with Crippen LogP contribution < -0.4 is 11.1 Å². The summed E-state index contributed by atoms with van der Waals surface area (Å²) in [6, 6.07) is 10.2. The first-order chi connectivity index (χ1) is 10.1. The summed E-state index contributed by atoms with van der Waals surface area (Å²) >= 11 is 1.62. The number of fused-ring (bicyclic) bond motifs is 1. The monoisotopic (exact) mass is 302 g/mol. The number of aromatic carboxylic acids is 1. The van der Waals surface area contributed by atoms with Crippen LogP contribution in [0.25, 0.3) is 10.1 Å². The Morgan fingerprint density at radius 1 is 1.24 bits per heavy atom. The van der Waals surface area contributed by atoms with Crippen molar-refractivity contribution in [2.75, 3.05) is 11.1 Å². The van der Waals surface area contributed by atoms with E-state index in [1.807, 2.05) is 29.6 Å². The maximum absolute atomic E-state index is 13.4. The molecule has 0 aliphatic carbocycles. The zero-order valence-corrected chi connectivity index (χ0v) is 11.6. The number of carboxylic acid groups (broad SMARTS) is 1. The minimum absolute atomic E-state index is 0.260. The van der Waals surface area contributed by atoms with Crippen LogP contribution in [0.1, 0.15) is 10.4 Å². The van der Waals surface area contributed by atoms with Crippen molar-refractivity contribution in [3.05, 3.63) is 53.2 Å². The molecule has 0 radical (unpaired) electrons. The van der Waals surface area contributed by atoms with E-state index in [0.29, 0.717) is 0 Å². The van der Waals surface area contributed by atoms with Gasteiger partial charge in [-0.2, -0.15) is 0 Å². The molecule has 0 aliphatic rings. The Hall–Kier alpha value is -2.60. The quantitative estimate of drug-likeness (QED) is 0.638. The minimum Gasteiger partial charge on any atom is -0.478 e. The summed E-state index contributed by atoms with van der Waals surface area (Å²) in [6.07, 6.45) is 0. The van der Waals surface area contributed by atoms with Gasteiger partial charge in [-0.15, -0.1) is 11.3 Å². The molecule has 1 heterocycles. The van der Waals surface area contributed by atoms with Gasteiger partial charge in [-0.1, -0.05) is 0 Å². The van der Waals surface area contributed by atoms with Gasteiger partial charge in [-0.3, -0.25) is 0 Å². The van der Waals surface area contributed by atoms with Crippen LogP contribution in [0.3, 0.4) is 0 Å². The molecule has 0 aliphatic heterocycles.